The minimum Gasteiger partial charge on any atom is -0.314 e. The molecule has 0 aliphatic carbocycles. The van der Waals surface area contributed by atoms with Crippen LogP contribution in [0.1, 0.15) is 42.5 Å². The Morgan fingerprint density at radius 1 is 1.00 bits per heavy atom. The average Bonchev–Trinajstić information content (AvgIpc) is 2.51. The monoisotopic (exact) mass is 426 g/mol. The number of halogens is 8. The molecule has 1 saturated heterocycles. The molecule has 10 heteroatoms. The van der Waals surface area contributed by atoms with Gasteiger partial charge in [0, 0.05) is 32.2 Å². The van der Waals surface area contributed by atoms with Crippen LogP contribution in [-0.2, 0) is 12.4 Å². The predicted octanol–water partition coefficient (Wildman–Crippen LogP) is 5.31. The van der Waals surface area contributed by atoms with Crippen molar-refractivity contribution in [3.05, 3.63) is 34.9 Å². The molecule has 0 aromatic heterocycles. The molecule has 2 nitrogen and oxygen atoms in total. The number of piperazine rings is 1. The fourth-order valence-corrected chi connectivity index (χ4v) is 3.07. The number of alkyl halides is 6. The lowest BCUT2D eigenvalue weighted by molar-refractivity contribution is -0.143. The fraction of sp³-hybridized carbons (Fsp3) is 0.625. The number of hydrogen-bond acceptors (Lipinski definition) is 2. The van der Waals surface area contributed by atoms with E-state index in [2.05, 4.69) is 5.32 Å². The average molecular weight is 427 g/mol. The highest BCUT2D eigenvalue weighted by Crippen LogP contribution is 2.41. The fourth-order valence-electron chi connectivity index (χ4n) is 3.07. The van der Waals surface area contributed by atoms with Crippen LogP contribution in [0.3, 0.4) is 0 Å². The highest BCUT2D eigenvalue weighted by molar-refractivity contribution is 5.85. The maximum atomic E-state index is 13.4. The van der Waals surface area contributed by atoms with Gasteiger partial charge in [0.1, 0.15) is 0 Å². The minimum atomic E-state index is -4.82. The number of hydrogen-bond donors (Lipinski definition) is 1. The first-order valence-corrected chi connectivity index (χ1v) is 7.87. The third kappa shape index (κ3) is 6.18. The van der Waals surface area contributed by atoms with Gasteiger partial charge < -0.3 is 5.32 Å². The predicted molar refractivity (Wildman–Crippen MR) is 93.0 cm³/mol. The second kappa shape index (κ2) is 10.0. The van der Waals surface area contributed by atoms with Crippen molar-refractivity contribution < 1.29 is 26.3 Å². The Kier molecular flexibility index (Phi) is 9.74. The highest BCUT2D eigenvalue weighted by Gasteiger charge is 2.40. The Labute approximate surface area is 161 Å². The van der Waals surface area contributed by atoms with E-state index in [4.69, 9.17) is 0 Å². The molecule has 1 aliphatic rings. The third-order valence-electron chi connectivity index (χ3n) is 4.20. The van der Waals surface area contributed by atoms with Crippen molar-refractivity contribution in [2.45, 2.75) is 38.2 Å². The van der Waals surface area contributed by atoms with Gasteiger partial charge >= 0.3 is 12.4 Å². The van der Waals surface area contributed by atoms with Gasteiger partial charge in [0.05, 0.1) is 11.1 Å². The normalized spacial score (nSPS) is 17.2. The second-order valence-corrected chi connectivity index (χ2v) is 5.89. The molecule has 1 fully saturated rings. The quantitative estimate of drug-likeness (QED) is 0.655. The van der Waals surface area contributed by atoms with Gasteiger partial charge in [-0.05, 0) is 24.1 Å². The van der Waals surface area contributed by atoms with Crippen LogP contribution >= 0.6 is 24.8 Å². The maximum absolute atomic E-state index is 13.4. The molecule has 0 amide bonds. The molecule has 2 rings (SSSR count). The van der Waals surface area contributed by atoms with Crippen LogP contribution in [0, 0.1) is 0 Å². The van der Waals surface area contributed by atoms with Crippen LogP contribution in [0.4, 0.5) is 26.3 Å². The van der Waals surface area contributed by atoms with E-state index in [0.717, 1.165) is 12.1 Å². The van der Waals surface area contributed by atoms with E-state index in [9.17, 15) is 26.3 Å². The SMILES string of the molecule is CCC[C@H](c1ccc(C(F)(F)F)cc1C(F)(F)F)N1CCNCC1.Cl.Cl. The van der Waals surface area contributed by atoms with Crippen molar-refractivity contribution in [1.82, 2.24) is 10.2 Å². The summed E-state index contributed by atoms with van der Waals surface area (Å²) in [4.78, 5) is 1.91. The molecule has 0 radical (unpaired) electrons. The minimum absolute atomic E-state index is 0. The van der Waals surface area contributed by atoms with Crippen LogP contribution in [0.15, 0.2) is 18.2 Å². The van der Waals surface area contributed by atoms with E-state index in [1.165, 1.54) is 0 Å². The first kappa shape index (κ1) is 25.3. The molecule has 1 N–H and O–H groups in total. The van der Waals surface area contributed by atoms with E-state index in [1.807, 2.05) is 11.8 Å². The summed E-state index contributed by atoms with van der Waals surface area (Å²) >= 11 is 0. The molecule has 1 aromatic carbocycles. The molecule has 1 atom stereocenters. The molecule has 0 bridgehead atoms. The van der Waals surface area contributed by atoms with E-state index in [1.54, 1.807) is 0 Å². The zero-order chi connectivity index (χ0) is 18.0. The van der Waals surface area contributed by atoms with E-state index >= 15 is 0 Å². The molecular weight excluding hydrogens is 405 g/mol. The summed E-state index contributed by atoms with van der Waals surface area (Å²) in [5, 5.41) is 3.12. The second-order valence-electron chi connectivity index (χ2n) is 5.89. The van der Waals surface area contributed by atoms with Crippen LogP contribution in [0.5, 0.6) is 0 Å². The Balaban J connectivity index is 0.00000312. The lowest BCUT2D eigenvalue weighted by atomic mass is 9.93. The molecule has 0 saturated carbocycles. The van der Waals surface area contributed by atoms with Crippen molar-refractivity contribution in [1.29, 1.82) is 0 Å². The molecule has 26 heavy (non-hydrogen) atoms. The van der Waals surface area contributed by atoms with Crippen molar-refractivity contribution in [2.75, 3.05) is 26.2 Å². The van der Waals surface area contributed by atoms with Gasteiger partial charge in [-0.1, -0.05) is 19.4 Å². The Bertz CT molecular complexity index is 557. The molecule has 1 aliphatic heterocycles. The summed E-state index contributed by atoms with van der Waals surface area (Å²) in [6, 6.07) is 1.44. The highest BCUT2D eigenvalue weighted by atomic mass is 35.5. The molecule has 152 valence electrons. The molecular formula is C16H22Cl2F6N2. The Hall–Kier alpha value is -0.700. The number of nitrogens with zero attached hydrogens (tertiary/aromatic N) is 1. The van der Waals surface area contributed by atoms with Crippen LogP contribution in [-0.4, -0.2) is 31.1 Å². The van der Waals surface area contributed by atoms with Crippen LogP contribution in [0.2, 0.25) is 0 Å². The molecule has 1 heterocycles. The first-order chi connectivity index (χ1) is 11.1. The number of rotatable bonds is 4. The van der Waals surface area contributed by atoms with E-state index in [-0.39, 0.29) is 36.4 Å². The van der Waals surface area contributed by atoms with Crippen molar-refractivity contribution >= 4 is 24.8 Å². The first-order valence-electron chi connectivity index (χ1n) is 7.87. The van der Waals surface area contributed by atoms with Gasteiger partial charge in [0.2, 0.25) is 0 Å². The van der Waals surface area contributed by atoms with Crippen LogP contribution in [0.25, 0.3) is 0 Å². The smallest absolute Gasteiger partial charge is 0.314 e. The summed E-state index contributed by atoms with van der Waals surface area (Å²) in [5.41, 5.74) is -2.53. The zero-order valence-corrected chi connectivity index (χ0v) is 15.7. The lowest BCUT2D eigenvalue weighted by Gasteiger charge is -2.36. The lowest BCUT2D eigenvalue weighted by Crippen LogP contribution is -2.45. The summed E-state index contributed by atoms with van der Waals surface area (Å²) in [6.45, 7) is 4.31. The van der Waals surface area contributed by atoms with E-state index < -0.39 is 29.5 Å². The van der Waals surface area contributed by atoms with E-state index in [0.29, 0.717) is 39.0 Å². The number of nitrogens with one attached hydrogen (secondary N) is 1. The standard InChI is InChI=1S/C16H20F6N2.2ClH/c1-2-3-14(24-8-6-23-7-9-24)12-5-4-11(15(17,18)19)10-13(12)16(20,21)22;;/h4-5,10,14,23H,2-3,6-9H2,1H3;2*1H/t14-;;/m1../s1. The van der Waals surface area contributed by atoms with Crippen molar-refractivity contribution in [3.63, 3.8) is 0 Å². The third-order valence-corrected chi connectivity index (χ3v) is 4.20. The largest absolute Gasteiger partial charge is 0.416 e. The molecule has 1 aromatic rings. The Morgan fingerprint density at radius 2 is 1.58 bits per heavy atom. The van der Waals surface area contributed by atoms with Gasteiger partial charge in [0.25, 0.3) is 0 Å². The summed E-state index contributed by atoms with van der Waals surface area (Å²) in [7, 11) is 0. The maximum Gasteiger partial charge on any atom is 0.416 e. The summed E-state index contributed by atoms with van der Waals surface area (Å²) in [6.07, 6.45) is -8.51. The van der Waals surface area contributed by atoms with Crippen LogP contribution < -0.4 is 5.32 Å². The van der Waals surface area contributed by atoms with Crippen molar-refractivity contribution in [3.8, 4) is 0 Å². The van der Waals surface area contributed by atoms with Gasteiger partial charge in [-0.3, -0.25) is 4.90 Å². The van der Waals surface area contributed by atoms with Gasteiger partial charge in [0.15, 0.2) is 0 Å². The summed E-state index contributed by atoms with van der Waals surface area (Å²) in [5.74, 6) is 0. The zero-order valence-electron chi connectivity index (χ0n) is 14.1. The topological polar surface area (TPSA) is 15.3 Å². The van der Waals surface area contributed by atoms with Gasteiger partial charge in [-0.2, -0.15) is 26.3 Å². The van der Waals surface area contributed by atoms with Gasteiger partial charge in [-0.25, -0.2) is 0 Å². The summed E-state index contributed by atoms with van der Waals surface area (Å²) < 4.78 is 78.6. The Morgan fingerprint density at radius 3 is 2.04 bits per heavy atom. The van der Waals surface area contributed by atoms with Crippen molar-refractivity contribution in [2.24, 2.45) is 0 Å². The molecule has 0 unspecified atom stereocenters. The molecule has 0 spiro atoms. The van der Waals surface area contributed by atoms with Gasteiger partial charge in [-0.15, -0.1) is 24.8 Å². The number of benzene rings is 1.